The smallest absolute Gasteiger partial charge is 0.207 e. The maximum absolute atomic E-state index is 10.9. The number of carbonyl (C=O) groups is 1. The molecule has 0 saturated heterocycles. The van der Waals surface area contributed by atoms with Crippen molar-refractivity contribution in [1.29, 1.82) is 0 Å². The zero-order valence-corrected chi connectivity index (χ0v) is 10.5. The van der Waals surface area contributed by atoms with Gasteiger partial charge in [-0.3, -0.25) is 4.79 Å². The number of amides is 1. The van der Waals surface area contributed by atoms with E-state index in [0.29, 0.717) is 0 Å². The van der Waals surface area contributed by atoms with Crippen molar-refractivity contribution in [3.8, 4) is 0 Å². The summed E-state index contributed by atoms with van der Waals surface area (Å²) in [5.74, 6) is 0. The van der Waals surface area contributed by atoms with Gasteiger partial charge in [0.05, 0.1) is 5.54 Å². The molecule has 2 nitrogen and oxygen atoms in total. The van der Waals surface area contributed by atoms with Gasteiger partial charge in [-0.05, 0) is 24.5 Å². The zero-order valence-electron chi connectivity index (χ0n) is 10.5. The molecule has 0 aliphatic rings. The van der Waals surface area contributed by atoms with Crippen LogP contribution >= 0.6 is 0 Å². The van der Waals surface area contributed by atoms with Gasteiger partial charge in [0, 0.05) is 0 Å². The molecule has 1 N–H and O–H groups in total. The first-order valence-corrected chi connectivity index (χ1v) is 6.05. The van der Waals surface area contributed by atoms with Crippen LogP contribution in [-0.2, 0) is 16.8 Å². The van der Waals surface area contributed by atoms with E-state index in [4.69, 9.17) is 0 Å². The topological polar surface area (TPSA) is 29.1 Å². The van der Waals surface area contributed by atoms with Crippen molar-refractivity contribution in [3.63, 3.8) is 0 Å². The molecule has 0 spiro atoms. The predicted octanol–water partition coefficient (Wildman–Crippen LogP) is 2.89. The molecule has 1 unspecified atom stereocenters. The van der Waals surface area contributed by atoms with Gasteiger partial charge in [0.25, 0.3) is 0 Å². The summed E-state index contributed by atoms with van der Waals surface area (Å²) in [6, 6.07) is 20.2. The molecule has 0 saturated carbocycles. The summed E-state index contributed by atoms with van der Waals surface area (Å²) in [4.78, 5) is 10.9. The van der Waals surface area contributed by atoms with E-state index in [1.807, 2.05) is 55.5 Å². The molecular formula is C16H17NO. The van der Waals surface area contributed by atoms with Crippen molar-refractivity contribution < 1.29 is 4.79 Å². The molecule has 0 heterocycles. The lowest BCUT2D eigenvalue weighted by molar-refractivity contribution is -0.111. The number of nitrogens with one attached hydrogen (secondary N) is 1. The summed E-state index contributed by atoms with van der Waals surface area (Å²) in [7, 11) is 0. The Kier molecular flexibility index (Phi) is 3.78. The molecule has 0 bridgehead atoms. The highest BCUT2D eigenvalue weighted by Crippen LogP contribution is 2.24. The minimum Gasteiger partial charge on any atom is -0.349 e. The van der Waals surface area contributed by atoms with Crippen LogP contribution in [0.3, 0.4) is 0 Å². The van der Waals surface area contributed by atoms with Crippen LogP contribution < -0.4 is 5.32 Å². The zero-order chi connectivity index (χ0) is 12.8. The third kappa shape index (κ3) is 2.77. The van der Waals surface area contributed by atoms with Gasteiger partial charge in [-0.15, -0.1) is 0 Å². The first kappa shape index (κ1) is 12.4. The van der Waals surface area contributed by atoms with E-state index in [1.54, 1.807) is 0 Å². The van der Waals surface area contributed by atoms with Gasteiger partial charge < -0.3 is 5.32 Å². The summed E-state index contributed by atoms with van der Waals surface area (Å²) in [5.41, 5.74) is 1.95. The fourth-order valence-electron chi connectivity index (χ4n) is 2.18. The summed E-state index contributed by atoms with van der Waals surface area (Å²) >= 11 is 0. The predicted molar refractivity (Wildman–Crippen MR) is 73.1 cm³/mol. The van der Waals surface area contributed by atoms with Gasteiger partial charge in [0.2, 0.25) is 6.41 Å². The second kappa shape index (κ2) is 5.50. The molecule has 1 amide bonds. The first-order valence-electron chi connectivity index (χ1n) is 6.05. The quantitative estimate of drug-likeness (QED) is 0.633. The standard InChI is InChI=1S/C16H17NO/c1-16(17-13-18,15-10-6-3-7-11-15)12-14-8-4-2-5-9-14/h2-11,13H,12H2,1H3,(H,17,18)/i1+1,16+1. The Labute approximate surface area is 108 Å². The molecule has 0 aromatic heterocycles. The Balaban J connectivity index is 2.30. The van der Waals surface area contributed by atoms with Crippen molar-refractivity contribution in [2.75, 3.05) is 0 Å². The molecule has 18 heavy (non-hydrogen) atoms. The highest BCUT2D eigenvalue weighted by molar-refractivity contribution is 5.50. The van der Waals surface area contributed by atoms with Crippen molar-refractivity contribution in [2.24, 2.45) is 0 Å². The van der Waals surface area contributed by atoms with E-state index >= 15 is 0 Å². The first-order chi connectivity index (χ1) is 8.74. The molecule has 0 aliphatic heterocycles. The van der Waals surface area contributed by atoms with Crippen molar-refractivity contribution in [3.05, 3.63) is 71.8 Å². The van der Waals surface area contributed by atoms with Crippen LogP contribution in [0.1, 0.15) is 18.1 Å². The van der Waals surface area contributed by atoms with Crippen molar-refractivity contribution in [2.45, 2.75) is 18.9 Å². The minimum atomic E-state index is -0.371. The minimum absolute atomic E-state index is 0.371. The largest absolute Gasteiger partial charge is 0.349 e. The second-order valence-electron chi connectivity index (χ2n) is 4.62. The number of hydrogen-bond acceptors (Lipinski definition) is 1. The van der Waals surface area contributed by atoms with E-state index in [9.17, 15) is 4.79 Å². The number of rotatable bonds is 5. The van der Waals surface area contributed by atoms with Crippen LogP contribution in [0.25, 0.3) is 0 Å². The fourth-order valence-corrected chi connectivity index (χ4v) is 2.18. The second-order valence-corrected chi connectivity index (χ2v) is 4.62. The Morgan fingerprint density at radius 2 is 1.56 bits per heavy atom. The van der Waals surface area contributed by atoms with Crippen LogP contribution in [0.2, 0.25) is 0 Å². The molecule has 0 radical (unpaired) electrons. The van der Waals surface area contributed by atoms with Crippen LogP contribution in [0.4, 0.5) is 0 Å². The maximum atomic E-state index is 10.9. The molecule has 2 rings (SSSR count). The molecule has 1 atom stereocenters. The molecule has 92 valence electrons. The maximum Gasteiger partial charge on any atom is 0.207 e. The van der Waals surface area contributed by atoms with E-state index in [1.165, 1.54) is 5.56 Å². The average Bonchev–Trinajstić information content (AvgIpc) is 2.41. The van der Waals surface area contributed by atoms with E-state index in [-0.39, 0.29) is 5.54 Å². The van der Waals surface area contributed by atoms with Crippen LogP contribution in [0, 0.1) is 0 Å². The molecule has 2 aromatic rings. The Morgan fingerprint density at radius 3 is 2.11 bits per heavy atom. The molecule has 0 aliphatic carbocycles. The molecular weight excluding hydrogens is 224 g/mol. The van der Waals surface area contributed by atoms with Crippen molar-refractivity contribution >= 4 is 6.41 Å². The van der Waals surface area contributed by atoms with E-state index in [0.717, 1.165) is 18.4 Å². The van der Waals surface area contributed by atoms with Crippen molar-refractivity contribution in [1.82, 2.24) is 5.32 Å². The van der Waals surface area contributed by atoms with Crippen LogP contribution in [-0.4, -0.2) is 6.41 Å². The fraction of sp³-hybridized carbons (Fsp3) is 0.188. The Hall–Kier alpha value is -2.09. The Bertz CT molecular complexity index is 495. The van der Waals surface area contributed by atoms with Gasteiger partial charge in [0.15, 0.2) is 0 Å². The van der Waals surface area contributed by atoms with Crippen LogP contribution in [0.5, 0.6) is 0 Å². The highest BCUT2D eigenvalue weighted by atomic mass is 16.1. The summed E-state index contributed by atoms with van der Waals surface area (Å²) in [5, 5.41) is 2.94. The van der Waals surface area contributed by atoms with Gasteiger partial charge >= 0.3 is 0 Å². The summed E-state index contributed by atoms with van der Waals surface area (Å²) in [6.07, 6.45) is 1.55. The lowest BCUT2D eigenvalue weighted by atomic mass is 10.1. The number of hydrogen-bond donors (Lipinski definition) is 1. The van der Waals surface area contributed by atoms with Crippen LogP contribution in [0.15, 0.2) is 60.7 Å². The lowest BCUT2D eigenvalue weighted by Gasteiger charge is -2.30. The van der Waals surface area contributed by atoms with Gasteiger partial charge in [-0.2, -0.15) is 0 Å². The summed E-state index contributed by atoms with van der Waals surface area (Å²) in [6.45, 7) is 2.05. The third-order valence-corrected chi connectivity index (χ3v) is 3.19. The summed E-state index contributed by atoms with van der Waals surface area (Å²) < 4.78 is 0. The Morgan fingerprint density at radius 1 is 1.00 bits per heavy atom. The SMILES string of the molecule is [13CH3][13C](Cc1ccccc1)(NC=O)c1ccccc1. The average molecular weight is 241 g/mol. The highest BCUT2D eigenvalue weighted by Gasteiger charge is 2.25. The number of carbonyl (C=O) groups excluding carboxylic acids is 1. The number of benzene rings is 2. The molecule has 0 fully saturated rings. The third-order valence-electron chi connectivity index (χ3n) is 3.19. The van der Waals surface area contributed by atoms with Gasteiger partial charge in [0.1, 0.15) is 0 Å². The molecule has 2 aromatic carbocycles. The van der Waals surface area contributed by atoms with Gasteiger partial charge in [-0.1, -0.05) is 60.7 Å². The van der Waals surface area contributed by atoms with E-state index < -0.39 is 0 Å². The normalized spacial score (nSPS) is 13.6. The van der Waals surface area contributed by atoms with Gasteiger partial charge in [-0.25, -0.2) is 0 Å². The van der Waals surface area contributed by atoms with E-state index in [2.05, 4.69) is 17.4 Å². The molecule has 2 heteroatoms. The monoisotopic (exact) mass is 241 g/mol. The lowest BCUT2D eigenvalue weighted by Crippen LogP contribution is -2.40.